The molecule has 11 heteroatoms. The van der Waals surface area contributed by atoms with Gasteiger partial charge in [-0.2, -0.15) is 0 Å². The van der Waals surface area contributed by atoms with Crippen molar-refractivity contribution in [2.45, 2.75) is 69.2 Å². The Bertz CT molecular complexity index is 2790. The molecular weight excluding hydrogens is 814 g/mol. The van der Waals surface area contributed by atoms with E-state index < -0.39 is 19.8 Å². The molecule has 1 N–H and O–H groups in total. The number of amides is 3. The highest BCUT2D eigenvalue weighted by Gasteiger charge is 2.66. The van der Waals surface area contributed by atoms with Gasteiger partial charge in [0.1, 0.15) is 5.75 Å². The molecule has 0 aliphatic carbocycles. The number of anilines is 3. The first-order chi connectivity index (χ1) is 29.9. The third kappa shape index (κ3) is 6.21. The first kappa shape index (κ1) is 40.3. The number of halogens is 1. The molecule has 9 nitrogen and oxygen atoms in total. The van der Waals surface area contributed by atoms with Gasteiger partial charge < -0.3 is 24.4 Å². The molecule has 0 unspecified atom stereocenters. The van der Waals surface area contributed by atoms with E-state index in [1.165, 1.54) is 0 Å². The lowest BCUT2D eigenvalue weighted by atomic mass is 9.82. The first-order valence-electron chi connectivity index (χ1n) is 21.3. The van der Waals surface area contributed by atoms with E-state index >= 15 is 4.79 Å². The third-order valence-corrected chi connectivity index (χ3v) is 18.7. The molecule has 62 heavy (non-hydrogen) atoms. The Kier molecular flexibility index (Phi) is 9.90. The Hall–Kier alpha value is -5.78. The number of hydrogen-bond acceptors (Lipinski definition) is 6. The van der Waals surface area contributed by atoms with Crippen molar-refractivity contribution in [2.75, 3.05) is 23.5 Å². The highest BCUT2D eigenvalue weighted by molar-refractivity contribution is 6.91. The number of fused-ring (bicyclic) bond motifs is 3. The van der Waals surface area contributed by atoms with E-state index in [0.29, 0.717) is 40.5 Å². The quantitative estimate of drug-likeness (QED) is 0.146. The van der Waals surface area contributed by atoms with Crippen LogP contribution in [0.3, 0.4) is 0 Å². The van der Waals surface area contributed by atoms with Crippen molar-refractivity contribution in [3.63, 3.8) is 0 Å². The third-order valence-electron chi connectivity index (χ3n) is 14.1. The predicted molar refractivity (Wildman–Crippen MR) is 245 cm³/mol. The summed E-state index contributed by atoms with van der Waals surface area (Å²) in [6.45, 7) is 7.15. The number of ether oxygens (including phenoxy) is 2. The zero-order chi connectivity index (χ0) is 43.1. The summed E-state index contributed by atoms with van der Waals surface area (Å²) in [4.78, 5) is 49.6. The maximum Gasteiger partial charge on any atom is 0.264 e. The fourth-order valence-electron chi connectivity index (χ4n) is 11.1. The van der Waals surface area contributed by atoms with Crippen LogP contribution >= 0.6 is 11.6 Å². The second kappa shape index (κ2) is 15.2. The lowest BCUT2D eigenvalue weighted by Crippen LogP contribution is -2.52. The first-order valence-corrected chi connectivity index (χ1v) is 24.8. The van der Waals surface area contributed by atoms with Gasteiger partial charge in [0, 0.05) is 34.1 Å². The molecule has 1 saturated heterocycles. The molecule has 0 saturated carbocycles. The van der Waals surface area contributed by atoms with Crippen molar-refractivity contribution >= 4 is 70.4 Å². The Morgan fingerprint density at radius 1 is 0.887 bits per heavy atom. The molecule has 0 aromatic heterocycles. The van der Waals surface area contributed by atoms with Crippen molar-refractivity contribution in [3.8, 4) is 5.75 Å². The molecule has 0 bridgehead atoms. The summed E-state index contributed by atoms with van der Waals surface area (Å²) in [6.07, 6.45) is -0.0106. The summed E-state index contributed by atoms with van der Waals surface area (Å²) in [5.41, 5.74) is 5.03. The number of methoxy groups -OCH3 is 1. The van der Waals surface area contributed by atoms with Crippen molar-refractivity contribution in [3.05, 3.63) is 160 Å². The Labute approximate surface area is 367 Å². The van der Waals surface area contributed by atoms with Gasteiger partial charge in [-0.25, -0.2) is 0 Å². The molecule has 3 amide bonds. The van der Waals surface area contributed by atoms with E-state index in [9.17, 15) is 14.7 Å². The standard InChI is InChI=1S/C51H48ClN3O6Si/c1-31-48(62(3,4)40-21-19-39(60-2)20-22-40)45(27-46(57)53-29-35-12-6-5-11-34(35)25-38(53)30-56)61-51(31)42-26-36(52)18-23-43(42)54(50(51)59)28-32-10-7-15-37(24-32)55-44-17-9-14-33-13-8-16-41(47(33)44)49(55)58/h5-24,26,31,38,45,48,56H,25,27-30H2,1-4H3/t31-,38-,45+,48-,51+/m0/s1. The monoisotopic (exact) mass is 861 g/mol. The topological polar surface area (TPSA) is 99.6 Å². The smallest absolute Gasteiger partial charge is 0.264 e. The van der Waals surface area contributed by atoms with E-state index in [4.69, 9.17) is 21.1 Å². The van der Waals surface area contributed by atoms with Crippen molar-refractivity contribution < 1.29 is 29.0 Å². The summed E-state index contributed by atoms with van der Waals surface area (Å²) in [5.74, 6) is -0.0173. The van der Waals surface area contributed by atoms with E-state index in [2.05, 4.69) is 38.2 Å². The van der Waals surface area contributed by atoms with Gasteiger partial charge in [-0.15, -0.1) is 0 Å². The van der Waals surface area contributed by atoms with E-state index in [1.807, 2.05) is 103 Å². The number of carbonyl (C=O) groups is 3. The second-order valence-corrected chi connectivity index (χ2v) is 22.9. The minimum absolute atomic E-state index is 0.0479. The van der Waals surface area contributed by atoms with Crippen LogP contribution in [0, 0.1) is 5.92 Å². The molecule has 1 fully saturated rings. The normalized spacial score (nSPS) is 22.8. The number of hydrogen-bond donors (Lipinski definition) is 1. The molecule has 6 aromatic rings. The van der Waals surface area contributed by atoms with Gasteiger partial charge >= 0.3 is 0 Å². The average molecular weight is 862 g/mol. The van der Waals surface area contributed by atoms with Gasteiger partial charge in [0.25, 0.3) is 11.8 Å². The van der Waals surface area contributed by atoms with E-state index in [-0.39, 0.29) is 54.8 Å². The number of carbonyl (C=O) groups excluding carboxylic acids is 3. The lowest BCUT2D eigenvalue weighted by Gasteiger charge is -2.39. The van der Waals surface area contributed by atoms with Gasteiger partial charge in [0.05, 0.1) is 63.8 Å². The SMILES string of the molecule is COc1ccc([Si](C)(C)[C@@H]2[C@@H](CC(=O)N3Cc4ccccc4C[C@H]3CO)O[C@]3(C(=O)N(Cc4cccc(N5C(=O)c6cccc7cccc5c67)c4)c4ccc(Cl)cc43)[C@H]2C)cc1. The number of aliphatic hydroxyl groups excluding tert-OH is 1. The van der Waals surface area contributed by atoms with Crippen LogP contribution in [0.25, 0.3) is 10.8 Å². The molecule has 4 aliphatic rings. The summed E-state index contributed by atoms with van der Waals surface area (Å²) < 4.78 is 12.9. The van der Waals surface area contributed by atoms with Crippen molar-refractivity contribution in [1.82, 2.24) is 4.90 Å². The highest BCUT2D eigenvalue weighted by atomic mass is 35.5. The summed E-state index contributed by atoms with van der Waals surface area (Å²) >= 11 is 6.80. The minimum Gasteiger partial charge on any atom is -0.497 e. The van der Waals surface area contributed by atoms with Gasteiger partial charge in [-0.05, 0) is 88.6 Å². The maximum absolute atomic E-state index is 15.6. The van der Waals surface area contributed by atoms with Gasteiger partial charge in [0.2, 0.25) is 5.91 Å². The predicted octanol–water partition coefficient (Wildman–Crippen LogP) is 8.89. The number of nitrogens with zero attached hydrogens (tertiary/aromatic N) is 3. The lowest BCUT2D eigenvalue weighted by molar-refractivity contribution is -0.151. The fourth-order valence-corrected chi connectivity index (χ4v) is 15.3. The van der Waals surface area contributed by atoms with Crippen molar-refractivity contribution in [1.29, 1.82) is 0 Å². The summed E-state index contributed by atoms with van der Waals surface area (Å²) in [5, 5.41) is 14.1. The van der Waals surface area contributed by atoms with Crippen LogP contribution in [0.1, 0.15) is 46.0 Å². The largest absolute Gasteiger partial charge is 0.497 e. The molecule has 5 atom stereocenters. The summed E-state index contributed by atoms with van der Waals surface area (Å²) in [6, 6.07) is 41.0. The fraction of sp³-hybridized carbons (Fsp3) is 0.275. The van der Waals surface area contributed by atoms with E-state index in [0.717, 1.165) is 44.1 Å². The molecule has 314 valence electrons. The molecule has 0 radical (unpaired) electrons. The average Bonchev–Trinajstić information content (AvgIpc) is 3.84. The molecule has 1 spiro atoms. The maximum atomic E-state index is 15.6. The number of aliphatic hydroxyl groups is 1. The van der Waals surface area contributed by atoms with Crippen LogP contribution in [0.4, 0.5) is 17.1 Å². The van der Waals surface area contributed by atoms with Gasteiger partial charge in [-0.1, -0.05) is 110 Å². The minimum atomic E-state index is -2.58. The molecule has 6 aromatic carbocycles. The Balaban J connectivity index is 1.02. The molecule has 10 rings (SSSR count). The summed E-state index contributed by atoms with van der Waals surface area (Å²) in [7, 11) is -0.930. The zero-order valence-corrected chi connectivity index (χ0v) is 36.9. The van der Waals surface area contributed by atoms with Crippen LogP contribution in [0.15, 0.2) is 127 Å². The van der Waals surface area contributed by atoms with Crippen molar-refractivity contribution in [2.24, 2.45) is 5.92 Å². The van der Waals surface area contributed by atoms with Gasteiger partial charge in [-0.3, -0.25) is 19.3 Å². The number of rotatable bonds is 9. The van der Waals surface area contributed by atoms with E-state index in [1.54, 1.807) is 27.9 Å². The van der Waals surface area contributed by atoms with Gasteiger partial charge in [0.15, 0.2) is 5.60 Å². The number of benzene rings is 6. The Morgan fingerprint density at radius 2 is 1.63 bits per heavy atom. The van der Waals surface area contributed by atoms with Crippen LogP contribution in [-0.4, -0.2) is 61.7 Å². The van der Waals surface area contributed by atoms with Crippen LogP contribution in [-0.2, 0) is 39.4 Å². The Morgan fingerprint density at radius 3 is 2.39 bits per heavy atom. The zero-order valence-electron chi connectivity index (χ0n) is 35.2. The van der Waals surface area contributed by atoms with Crippen LogP contribution in [0.2, 0.25) is 23.7 Å². The highest BCUT2D eigenvalue weighted by Crippen LogP contribution is 2.60. The molecular formula is C51H48ClN3O6Si. The molecule has 4 aliphatic heterocycles. The van der Waals surface area contributed by atoms with Crippen LogP contribution in [0.5, 0.6) is 5.75 Å². The molecule has 4 heterocycles. The second-order valence-electron chi connectivity index (χ2n) is 17.7. The van der Waals surface area contributed by atoms with Crippen LogP contribution < -0.4 is 19.7 Å².